The molecular weight excluding hydrogens is 632 g/mol. The summed E-state index contributed by atoms with van der Waals surface area (Å²) in [6.07, 6.45) is 1.28. The molecule has 1 unspecified atom stereocenters. The lowest BCUT2D eigenvalue weighted by Crippen LogP contribution is -2.30. The van der Waals surface area contributed by atoms with E-state index in [1.54, 1.807) is 67.6 Å². The maximum absolute atomic E-state index is 14.5. The Kier molecular flexibility index (Phi) is 10.6. The smallest absolute Gasteiger partial charge is 0.272 e. The molecule has 10 heteroatoms. The first-order valence-corrected chi connectivity index (χ1v) is 16.3. The van der Waals surface area contributed by atoms with Crippen LogP contribution in [0, 0.1) is 24.1 Å². The zero-order valence-corrected chi connectivity index (χ0v) is 27.0. The normalized spacial score (nSPS) is 11.7. The van der Waals surface area contributed by atoms with Crippen molar-refractivity contribution in [3.8, 4) is 17.2 Å². The lowest BCUT2D eigenvalue weighted by Gasteiger charge is -2.14. The number of carbonyl (C=O) groups is 3. The van der Waals surface area contributed by atoms with Crippen LogP contribution in [0.15, 0.2) is 119 Å². The quantitative estimate of drug-likeness (QED) is 0.103. The van der Waals surface area contributed by atoms with Gasteiger partial charge in [-0.25, -0.2) is 4.39 Å². The molecule has 0 radical (unpaired) electrons. The second-order valence-corrected chi connectivity index (χ2v) is 12.8. The first kappa shape index (κ1) is 32.9. The summed E-state index contributed by atoms with van der Waals surface area (Å²) in [5.41, 5.74) is 3.91. The fourth-order valence-corrected chi connectivity index (χ4v) is 6.36. The van der Waals surface area contributed by atoms with E-state index >= 15 is 0 Å². The van der Waals surface area contributed by atoms with Crippen molar-refractivity contribution in [2.45, 2.75) is 24.0 Å². The number of nitrogens with zero attached hydrogens (tertiary/aromatic N) is 1. The van der Waals surface area contributed by atoms with Gasteiger partial charge in [0.2, 0.25) is 5.91 Å². The number of amides is 3. The molecule has 4 aromatic carbocycles. The van der Waals surface area contributed by atoms with Gasteiger partial charge < -0.3 is 16.0 Å². The number of rotatable bonds is 10. The fourth-order valence-electron chi connectivity index (χ4n) is 4.51. The topological polar surface area (TPSA) is 111 Å². The van der Waals surface area contributed by atoms with Crippen LogP contribution in [0.4, 0.5) is 15.1 Å². The van der Waals surface area contributed by atoms with Gasteiger partial charge in [-0.05, 0) is 61.9 Å². The van der Waals surface area contributed by atoms with E-state index in [4.69, 9.17) is 0 Å². The Labute approximate surface area is 280 Å². The van der Waals surface area contributed by atoms with Gasteiger partial charge >= 0.3 is 0 Å². The maximum Gasteiger partial charge on any atom is 0.272 e. The number of carbonyl (C=O) groups excluding carboxylic acids is 3. The Bertz CT molecular complexity index is 2000. The van der Waals surface area contributed by atoms with Gasteiger partial charge in [0.15, 0.2) is 0 Å². The minimum atomic E-state index is -0.656. The molecule has 0 aliphatic heterocycles. The van der Waals surface area contributed by atoms with E-state index < -0.39 is 22.9 Å². The Balaban J connectivity index is 1.28. The molecule has 1 aromatic heterocycles. The van der Waals surface area contributed by atoms with Crippen molar-refractivity contribution >= 4 is 57.6 Å². The van der Waals surface area contributed by atoms with E-state index in [1.165, 1.54) is 47.4 Å². The average molecular weight is 661 g/mol. The van der Waals surface area contributed by atoms with Crippen LogP contribution in [-0.4, -0.2) is 23.0 Å². The van der Waals surface area contributed by atoms with Crippen molar-refractivity contribution in [3.63, 3.8) is 0 Å². The van der Waals surface area contributed by atoms with Crippen LogP contribution >= 0.6 is 23.1 Å². The molecule has 0 saturated carbocycles. The molecule has 7 nitrogen and oxygen atoms in total. The minimum Gasteiger partial charge on any atom is -0.321 e. The molecule has 0 aliphatic rings. The summed E-state index contributed by atoms with van der Waals surface area (Å²) in [5.74, 6) is -2.01. The SMILES string of the molecule is Cc1ccc(-c2csc(NC(=O)C(C)Sc3cccc(NC(=O)/C(=C/c4ccccc4F)NC(=O)c4ccccc4)c3)c2C#N)cc1. The second-order valence-electron chi connectivity index (χ2n) is 10.5. The second kappa shape index (κ2) is 15.2. The number of nitriles is 1. The minimum absolute atomic E-state index is 0.131. The van der Waals surface area contributed by atoms with Gasteiger partial charge in [-0.2, -0.15) is 5.26 Å². The Morgan fingerprint density at radius 3 is 2.36 bits per heavy atom. The third-order valence-electron chi connectivity index (χ3n) is 7.01. The highest BCUT2D eigenvalue weighted by atomic mass is 32.2. The van der Waals surface area contributed by atoms with Crippen molar-refractivity contribution in [2.24, 2.45) is 0 Å². The van der Waals surface area contributed by atoms with E-state index in [0.717, 1.165) is 16.7 Å². The number of hydrogen-bond donors (Lipinski definition) is 3. The molecule has 0 spiro atoms. The first-order valence-electron chi connectivity index (χ1n) is 14.5. The van der Waals surface area contributed by atoms with Gasteiger partial charge in [-0.15, -0.1) is 23.1 Å². The van der Waals surface area contributed by atoms with Crippen molar-refractivity contribution in [1.29, 1.82) is 5.26 Å². The van der Waals surface area contributed by atoms with E-state index in [0.29, 0.717) is 26.7 Å². The molecule has 234 valence electrons. The number of thiophene rings is 1. The zero-order chi connectivity index (χ0) is 33.3. The maximum atomic E-state index is 14.5. The summed E-state index contributed by atoms with van der Waals surface area (Å²) in [7, 11) is 0. The van der Waals surface area contributed by atoms with Gasteiger partial charge in [0, 0.05) is 32.7 Å². The number of aryl methyl sites for hydroxylation is 1. The Morgan fingerprint density at radius 2 is 1.64 bits per heavy atom. The van der Waals surface area contributed by atoms with E-state index in [2.05, 4.69) is 22.0 Å². The third-order valence-corrected chi connectivity index (χ3v) is 9.00. The summed E-state index contributed by atoms with van der Waals surface area (Å²) in [4.78, 5) is 40.2. The van der Waals surface area contributed by atoms with Gasteiger partial charge in [0.1, 0.15) is 22.6 Å². The standard InChI is InChI=1S/C37H29FN4O3S2/c1-23-15-17-25(18-16-23)31-22-46-37(30(31)21-39)42-34(43)24(2)47-29-13-8-12-28(20-29)40-36(45)33(19-27-11-6-7-14-32(27)38)41-35(44)26-9-4-3-5-10-26/h3-20,22,24H,1-2H3,(H,40,45)(H,41,44)(H,42,43)/b33-19-. The number of anilines is 2. The summed E-state index contributed by atoms with van der Waals surface area (Å²) in [6.45, 7) is 3.74. The number of thioether (sulfide) groups is 1. The summed E-state index contributed by atoms with van der Waals surface area (Å²) in [5, 5.41) is 19.9. The molecule has 3 amide bonds. The number of hydrogen-bond acceptors (Lipinski definition) is 6. The molecule has 0 fully saturated rings. The molecule has 47 heavy (non-hydrogen) atoms. The van der Waals surface area contributed by atoms with Crippen molar-refractivity contribution in [3.05, 3.63) is 142 Å². The Morgan fingerprint density at radius 1 is 0.915 bits per heavy atom. The first-order chi connectivity index (χ1) is 22.7. The molecule has 0 saturated heterocycles. The lowest BCUT2D eigenvalue weighted by atomic mass is 10.0. The highest BCUT2D eigenvalue weighted by Crippen LogP contribution is 2.36. The molecule has 5 aromatic rings. The number of benzene rings is 4. The monoisotopic (exact) mass is 660 g/mol. The van der Waals surface area contributed by atoms with Crippen molar-refractivity contribution < 1.29 is 18.8 Å². The van der Waals surface area contributed by atoms with Crippen LogP contribution in [-0.2, 0) is 9.59 Å². The number of halogens is 1. The molecular formula is C37H29FN4O3S2. The van der Waals surface area contributed by atoms with Gasteiger partial charge in [-0.1, -0.05) is 72.3 Å². The zero-order valence-electron chi connectivity index (χ0n) is 25.4. The molecule has 1 atom stereocenters. The predicted molar refractivity (Wildman–Crippen MR) is 187 cm³/mol. The number of nitrogens with one attached hydrogen (secondary N) is 3. The van der Waals surface area contributed by atoms with Crippen LogP contribution in [0.2, 0.25) is 0 Å². The van der Waals surface area contributed by atoms with Crippen LogP contribution in [0.5, 0.6) is 0 Å². The van der Waals surface area contributed by atoms with Crippen LogP contribution < -0.4 is 16.0 Å². The van der Waals surface area contributed by atoms with Gasteiger partial charge in [0.25, 0.3) is 11.8 Å². The molecule has 0 aliphatic carbocycles. The van der Waals surface area contributed by atoms with Crippen molar-refractivity contribution in [2.75, 3.05) is 10.6 Å². The molecule has 1 heterocycles. The lowest BCUT2D eigenvalue weighted by molar-refractivity contribution is -0.115. The highest BCUT2D eigenvalue weighted by molar-refractivity contribution is 8.00. The third kappa shape index (κ3) is 8.41. The predicted octanol–water partition coefficient (Wildman–Crippen LogP) is 8.26. The molecule has 5 rings (SSSR count). The van der Waals surface area contributed by atoms with E-state index in [-0.39, 0.29) is 17.2 Å². The van der Waals surface area contributed by atoms with Crippen LogP contribution in [0.3, 0.4) is 0 Å². The summed E-state index contributed by atoms with van der Waals surface area (Å²) in [6, 6.07) is 31.3. The van der Waals surface area contributed by atoms with E-state index in [1.807, 2.05) is 36.6 Å². The largest absolute Gasteiger partial charge is 0.321 e. The summed E-state index contributed by atoms with van der Waals surface area (Å²) >= 11 is 2.57. The highest BCUT2D eigenvalue weighted by Gasteiger charge is 2.21. The van der Waals surface area contributed by atoms with Gasteiger partial charge in [0.05, 0.1) is 10.8 Å². The van der Waals surface area contributed by atoms with Crippen molar-refractivity contribution in [1.82, 2.24) is 5.32 Å². The van der Waals surface area contributed by atoms with Crippen LogP contribution in [0.25, 0.3) is 17.2 Å². The van der Waals surface area contributed by atoms with Crippen LogP contribution in [0.1, 0.15) is 34.0 Å². The van der Waals surface area contributed by atoms with Gasteiger partial charge in [-0.3, -0.25) is 14.4 Å². The molecule has 3 N–H and O–H groups in total. The Hall–Kier alpha value is -5.50. The average Bonchev–Trinajstić information content (AvgIpc) is 3.48. The van der Waals surface area contributed by atoms with E-state index in [9.17, 15) is 24.0 Å². The molecule has 0 bridgehead atoms. The fraction of sp³-hybridized carbons (Fsp3) is 0.0811. The summed E-state index contributed by atoms with van der Waals surface area (Å²) < 4.78 is 14.5.